The SMILES string of the molecule is NCCn1cnc(-c2nn3cnnc3s2)c1. The van der Waals surface area contributed by atoms with Crippen molar-refractivity contribution in [2.45, 2.75) is 6.54 Å². The highest BCUT2D eigenvalue weighted by molar-refractivity contribution is 7.19. The fourth-order valence-corrected chi connectivity index (χ4v) is 2.19. The van der Waals surface area contributed by atoms with Crippen LogP contribution >= 0.6 is 11.3 Å². The van der Waals surface area contributed by atoms with Crippen molar-refractivity contribution in [1.82, 2.24) is 29.4 Å². The van der Waals surface area contributed by atoms with E-state index in [2.05, 4.69) is 20.3 Å². The summed E-state index contributed by atoms with van der Waals surface area (Å²) in [4.78, 5) is 5.04. The maximum atomic E-state index is 5.47. The van der Waals surface area contributed by atoms with Crippen molar-refractivity contribution in [2.75, 3.05) is 6.54 Å². The van der Waals surface area contributed by atoms with Gasteiger partial charge in [-0.05, 0) is 0 Å². The van der Waals surface area contributed by atoms with Crippen molar-refractivity contribution in [2.24, 2.45) is 5.73 Å². The molecule has 0 amide bonds. The smallest absolute Gasteiger partial charge is 0.234 e. The lowest BCUT2D eigenvalue weighted by molar-refractivity contribution is 0.708. The third-order valence-electron chi connectivity index (χ3n) is 2.13. The number of hydrogen-bond acceptors (Lipinski definition) is 6. The van der Waals surface area contributed by atoms with Crippen LogP contribution in [0.1, 0.15) is 0 Å². The molecule has 3 aromatic rings. The molecule has 0 aliphatic rings. The molecule has 82 valence electrons. The summed E-state index contributed by atoms with van der Waals surface area (Å²) in [7, 11) is 0. The molecule has 7 nitrogen and oxygen atoms in total. The second kappa shape index (κ2) is 3.65. The van der Waals surface area contributed by atoms with Crippen molar-refractivity contribution in [1.29, 1.82) is 0 Å². The van der Waals surface area contributed by atoms with E-state index in [1.807, 2.05) is 10.8 Å². The first-order chi connectivity index (χ1) is 7.86. The Morgan fingerprint density at radius 3 is 3.12 bits per heavy atom. The number of nitrogens with zero attached hydrogens (tertiary/aromatic N) is 6. The van der Waals surface area contributed by atoms with E-state index in [-0.39, 0.29) is 0 Å². The van der Waals surface area contributed by atoms with Gasteiger partial charge in [-0.3, -0.25) is 0 Å². The highest BCUT2D eigenvalue weighted by atomic mass is 32.1. The molecule has 0 aliphatic carbocycles. The highest BCUT2D eigenvalue weighted by Gasteiger charge is 2.09. The lowest BCUT2D eigenvalue weighted by atomic mass is 10.5. The minimum Gasteiger partial charge on any atom is -0.335 e. The molecular formula is C8H9N7S. The molecule has 0 saturated heterocycles. The molecule has 0 radical (unpaired) electrons. The summed E-state index contributed by atoms with van der Waals surface area (Å²) in [6.07, 6.45) is 5.26. The van der Waals surface area contributed by atoms with Gasteiger partial charge >= 0.3 is 0 Å². The lowest BCUT2D eigenvalue weighted by Crippen LogP contribution is -2.07. The molecular weight excluding hydrogens is 226 g/mol. The Morgan fingerprint density at radius 1 is 1.38 bits per heavy atom. The predicted molar refractivity (Wildman–Crippen MR) is 58.9 cm³/mol. The van der Waals surface area contributed by atoms with Crippen LogP contribution in [0.25, 0.3) is 15.7 Å². The van der Waals surface area contributed by atoms with E-state index in [1.165, 1.54) is 11.3 Å². The monoisotopic (exact) mass is 235 g/mol. The fraction of sp³-hybridized carbons (Fsp3) is 0.250. The van der Waals surface area contributed by atoms with Gasteiger partial charge in [-0.2, -0.15) is 9.61 Å². The third kappa shape index (κ3) is 1.48. The van der Waals surface area contributed by atoms with Gasteiger partial charge in [0.15, 0.2) is 5.01 Å². The molecule has 2 N–H and O–H groups in total. The second-order valence-electron chi connectivity index (χ2n) is 3.25. The van der Waals surface area contributed by atoms with Crippen LogP contribution in [0.15, 0.2) is 18.9 Å². The number of imidazole rings is 1. The molecule has 0 aliphatic heterocycles. The number of hydrogen-bond donors (Lipinski definition) is 1. The lowest BCUT2D eigenvalue weighted by Gasteiger charge is -1.94. The average molecular weight is 235 g/mol. The van der Waals surface area contributed by atoms with Gasteiger partial charge in [0.25, 0.3) is 0 Å². The first-order valence-corrected chi connectivity index (χ1v) is 5.57. The van der Waals surface area contributed by atoms with Gasteiger partial charge in [0, 0.05) is 19.3 Å². The molecule has 0 spiro atoms. The molecule has 0 fully saturated rings. The van der Waals surface area contributed by atoms with E-state index in [0.29, 0.717) is 6.54 Å². The van der Waals surface area contributed by atoms with Crippen LogP contribution in [0.5, 0.6) is 0 Å². The number of nitrogens with two attached hydrogens (primary N) is 1. The first-order valence-electron chi connectivity index (χ1n) is 4.76. The van der Waals surface area contributed by atoms with E-state index in [9.17, 15) is 0 Å². The fourth-order valence-electron chi connectivity index (χ4n) is 1.41. The molecule has 3 heterocycles. The zero-order chi connectivity index (χ0) is 11.0. The van der Waals surface area contributed by atoms with E-state index in [0.717, 1.165) is 22.2 Å². The van der Waals surface area contributed by atoms with Crippen molar-refractivity contribution >= 4 is 16.3 Å². The van der Waals surface area contributed by atoms with Gasteiger partial charge in [0.05, 0.1) is 6.33 Å². The zero-order valence-corrected chi connectivity index (χ0v) is 9.13. The normalized spacial score (nSPS) is 11.3. The molecule has 16 heavy (non-hydrogen) atoms. The summed E-state index contributed by atoms with van der Waals surface area (Å²) in [5, 5.41) is 12.8. The van der Waals surface area contributed by atoms with Crippen molar-refractivity contribution in [3.05, 3.63) is 18.9 Å². The summed E-state index contributed by atoms with van der Waals surface area (Å²) in [6, 6.07) is 0. The van der Waals surface area contributed by atoms with Crippen LogP contribution in [-0.4, -0.2) is 35.9 Å². The molecule has 0 aromatic carbocycles. The highest BCUT2D eigenvalue weighted by Crippen LogP contribution is 2.22. The summed E-state index contributed by atoms with van der Waals surface area (Å²) in [5.41, 5.74) is 6.31. The van der Waals surface area contributed by atoms with Gasteiger partial charge in [-0.1, -0.05) is 11.3 Å². The van der Waals surface area contributed by atoms with Crippen LogP contribution in [0, 0.1) is 0 Å². The van der Waals surface area contributed by atoms with Gasteiger partial charge in [0.2, 0.25) is 4.96 Å². The summed E-state index contributed by atoms with van der Waals surface area (Å²) < 4.78 is 3.58. The number of aromatic nitrogens is 6. The second-order valence-corrected chi connectivity index (χ2v) is 4.21. The molecule has 3 rings (SSSR count). The van der Waals surface area contributed by atoms with Crippen molar-refractivity contribution in [3.8, 4) is 10.7 Å². The number of rotatable bonds is 3. The Hall–Kier alpha value is -1.80. The number of fused-ring (bicyclic) bond motifs is 1. The molecule has 0 unspecified atom stereocenters. The summed E-state index contributed by atoms with van der Waals surface area (Å²) >= 11 is 1.46. The molecule has 0 atom stereocenters. The van der Waals surface area contributed by atoms with Crippen molar-refractivity contribution < 1.29 is 0 Å². The Labute approximate surface area is 94.6 Å². The van der Waals surface area contributed by atoms with E-state index < -0.39 is 0 Å². The summed E-state index contributed by atoms with van der Waals surface area (Å²) in [5.74, 6) is 0. The Kier molecular flexibility index (Phi) is 2.15. The topological polar surface area (TPSA) is 86.9 Å². The quantitative estimate of drug-likeness (QED) is 0.691. The zero-order valence-electron chi connectivity index (χ0n) is 8.32. The molecule has 0 saturated carbocycles. The average Bonchev–Trinajstić information content (AvgIpc) is 2.88. The maximum absolute atomic E-state index is 5.47. The van der Waals surface area contributed by atoms with Crippen LogP contribution < -0.4 is 5.73 Å². The van der Waals surface area contributed by atoms with Gasteiger partial charge in [-0.25, -0.2) is 4.98 Å². The predicted octanol–water partition coefficient (Wildman–Crippen LogP) is 0.00800. The maximum Gasteiger partial charge on any atom is 0.234 e. The van der Waals surface area contributed by atoms with Gasteiger partial charge < -0.3 is 10.3 Å². The largest absolute Gasteiger partial charge is 0.335 e. The molecule has 0 bridgehead atoms. The van der Waals surface area contributed by atoms with Crippen LogP contribution in [0.3, 0.4) is 0 Å². The standard InChI is InChI=1S/C8H9N7S/c9-1-2-14-3-6(10-4-14)7-13-15-5-11-12-8(15)16-7/h3-5H,1-2,9H2. The Balaban J connectivity index is 1.98. The molecule has 8 heteroatoms. The van der Waals surface area contributed by atoms with Crippen LogP contribution in [0.4, 0.5) is 0 Å². The minimum atomic E-state index is 0.598. The van der Waals surface area contributed by atoms with Crippen molar-refractivity contribution in [3.63, 3.8) is 0 Å². The van der Waals surface area contributed by atoms with Crippen LogP contribution in [0.2, 0.25) is 0 Å². The van der Waals surface area contributed by atoms with E-state index in [4.69, 9.17) is 5.73 Å². The molecule has 3 aromatic heterocycles. The third-order valence-corrected chi connectivity index (χ3v) is 3.06. The van der Waals surface area contributed by atoms with Gasteiger partial charge in [-0.15, -0.1) is 10.2 Å². The Bertz CT molecular complexity index is 578. The minimum absolute atomic E-state index is 0.598. The first kappa shape index (κ1) is 9.43. The van der Waals surface area contributed by atoms with E-state index in [1.54, 1.807) is 17.2 Å². The Morgan fingerprint density at radius 2 is 2.31 bits per heavy atom. The summed E-state index contributed by atoms with van der Waals surface area (Å²) in [6.45, 7) is 1.36. The van der Waals surface area contributed by atoms with E-state index >= 15 is 0 Å². The van der Waals surface area contributed by atoms with Crippen LogP contribution in [-0.2, 0) is 6.54 Å². The van der Waals surface area contributed by atoms with Gasteiger partial charge in [0.1, 0.15) is 12.0 Å².